The maximum atomic E-state index is 1.61. The lowest BCUT2D eigenvalue weighted by Crippen LogP contribution is -2.14. The molecule has 3 aliphatic rings. The van der Waals surface area contributed by atoms with Crippen LogP contribution in [-0.4, -0.2) is 0 Å². The van der Waals surface area contributed by atoms with Crippen LogP contribution in [0.15, 0.2) is 0 Å². The summed E-state index contributed by atoms with van der Waals surface area (Å²) in [7, 11) is 0. The minimum atomic E-state index is 0.925. The minimum absolute atomic E-state index is 0.925. The molecule has 12 heavy (non-hydrogen) atoms. The Hall–Kier alpha value is 0. The van der Waals surface area contributed by atoms with E-state index in [-0.39, 0.29) is 0 Å². The normalized spacial score (nSPS) is 38.5. The average Bonchev–Trinajstić information content (AvgIpc) is 2.57. The lowest BCUT2D eigenvalue weighted by Gasteiger charge is -2.28. The minimum Gasteiger partial charge on any atom is -0.0528 e. The molecular weight excluding hydrogens is 144 g/mol. The molecule has 3 aliphatic carbocycles. The van der Waals surface area contributed by atoms with Gasteiger partial charge in [-0.3, -0.25) is 0 Å². The number of rotatable bonds is 2. The van der Waals surface area contributed by atoms with E-state index in [1.165, 1.54) is 6.42 Å². The predicted molar refractivity (Wildman–Crippen MR) is 51.0 cm³/mol. The molecule has 0 radical (unpaired) electrons. The third-order valence-corrected chi connectivity index (χ3v) is 4.65. The van der Waals surface area contributed by atoms with Crippen LogP contribution in [0.5, 0.6) is 0 Å². The molecule has 0 aromatic carbocycles. The number of hydrogen-bond donors (Lipinski definition) is 0. The van der Waals surface area contributed by atoms with Crippen LogP contribution in [-0.2, 0) is 0 Å². The highest BCUT2D eigenvalue weighted by molar-refractivity contribution is 4.99. The summed E-state index contributed by atoms with van der Waals surface area (Å²) in [5, 5.41) is 0. The highest BCUT2D eigenvalue weighted by Crippen LogP contribution is 2.60. The van der Waals surface area contributed by atoms with Gasteiger partial charge in [-0.1, -0.05) is 19.3 Å². The van der Waals surface area contributed by atoms with Gasteiger partial charge in [-0.05, 0) is 55.8 Å². The van der Waals surface area contributed by atoms with Gasteiger partial charge >= 0.3 is 0 Å². The maximum absolute atomic E-state index is 1.61. The van der Waals surface area contributed by atoms with Crippen LogP contribution >= 0.6 is 0 Å². The topological polar surface area (TPSA) is 0 Å². The quantitative estimate of drug-likeness (QED) is 0.583. The van der Waals surface area contributed by atoms with Crippen LogP contribution in [0, 0.1) is 17.3 Å². The van der Waals surface area contributed by atoms with Crippen molar-refractivity contribution in [3.63, 3.8) is 0 Å². The van der Waals surface area contributed by atoms with Crippen molar-refractivity contribution in [2.24, 2.45) is 17.3 Å². The largest absolute Gasteiger partial charge is 0.0528 e. The van der Waals surface area contributed by atoms with Gasteiger partial charge in [0.05, 0.1) is 0 Å². The van der Waals surface area contributed by atoms with Crippen molar-refractivity contribution in [3.05, 3.63) is 0 Å². The Kier molecular flexibility index (Phi) is 1.54. The van der Waals surface area contributed by atoms with Crippen molar-refractivity contribution in [2.75, 3.05) is 0 Å². The van der Waals surface area contributed by atoms with Gasteiger partial charge in [0.1, 0.15) is 0 Å². The molecule has 3 fully saturated rings. The van der Waals surface area contributed by atoms with Gasteiger partial charge in [0.15, 0.2) is 0 Å². The molecule has 0 N–H and O–H groups in total. The van der Waals surface area contributed by atoms with E-state index in [2.05, 4.69) is 0 Å². The Bertz CT molecular complexity index is 174. The van der Waals surface area contributed by atoms with Gasteiger partial charge in [0, 0.05) is 0 Å². The van der Waals surface area contributed by atoms with E-state index < -0.39 is 0 Å². The van der Waals surface area contributed by atoms with E-state index in [0.29, 0.717) is 0 Å². The van der Waals surface area contributed by atoms with Crippen molar-refractivity contribution in [3.8, 4) is 0 Å². The molecule has 0 aromatic heterocycles. The molecule has 1 unspecified atom stereocenters. The first-order valence-corrected chi connectivity index (χ1v) is 5.86. The van der Waals surface area contributed by atoms with Crippen LogP contribution in [0.25, 0.3) is 0 Å². The summed E-state index contributed by atoms with van der Waals surface area (Å²) in [6.07, 6.45) is 14.2. The lowest BCUT2D eigenvalue weighted by atomic mass is 9.78. The Balaban J connectivity index is 1.51. The lowest BCUT2D eigenvalue weighted by molar-refractivity contribution is 0.246. The standard InChI is InChI=1S/C12H20/c1-2-10(3-1)8-11-4-5-12(9-11)6-7-12/h10-11H,1-9H2. The average molecular weight is 164 g/mol. The summed E-state index contributed by atoms with van der Waals surface area (Å²) >= 11 is 0. The van der Waals surface area contributed by atoms with Crippen molar-refractivity contribution in [1.82, 2.24) is 0 Å². The van der Waals surface area contributed by atoms with Gasteiger partial charge in [-0.25, -0.2) is 0 Å². The van der Waals surface area contributed by atoms with Gasteiger partial charge in [-0.15, -0.1) is 0 Å². The Morgan fingerprint density at radius 3 is 2.25 bits per heavy atom. The van der Waals surface area contributed by atoms with E-state index in [4.69, 9.17) is 0 Å². The monoisotopic (exact) mass is 164 g/mol. The first-order chi connectivity index (χ1) is 5.86. The first-order valence-electron chi connectivity index (χ1n) is 5.86. The molecule has 0 nitrogen and oxygen atoms in total. The molecule has 1 atom stereocenters. The molecule has 1 spiro atoms. The molecule has 0 heterocycles. The van der Waals surface area contributed by atoms with Gasteiger partial charge < -0.3 is 0 Å². The van der Waals surface area contributed by atoms with Crippen molar-refractivity contribution >= 4 is 0 Å². The van der Waals surface area contributed by atoms with E-state index in [0.717, 1.165) is 17.3 Å². The van der Waals surface area contributed by atoms with Crippen LogP contribution in [0.1, 0.15) is 57.8 Å². The van der Waals surface area contributed by atoms with Gasteiger partial charge in [0.25, 0.3) is 0 Å². The van der Waals surface area contributed by atoms with Crippen molar-refractivity contribution < 1.29 is 0 Å². The summed E-state index contributed by atoms with van der Waals surface area (Å²) in [6, 6.07) is 0. The van der Waals surface area contributed by atoms with Gasteiger partial charge in [0.2, 0.25) is 0 Å². The Labute approximate surface area is 75.7 Å². The number of hydrogen-bond acceptors (Lipinski definition) is 0. The second-order valence-corrected chi connectivity index (χ2v) is 5.64. The molecule has 3 rings (SSSR count). The van der Waals surface area contributed by atoms with Crippen molar-refractivity contribution in [2.45, 2.75) is 57.8 Å². The van der Waals surface area contributed by atoms with E-state index >= 15 is 0 Å². The summed E-state index contributed by atoms with van der Waals surface area (Å²) in [5.74, 6) is 2.31. The molecule has 68 valence electrons. The molecular formula is C12H20. The van der Waals surface area contributed by atoms with Crippen LogP contribution in [0.2, 0.25) is 0 Å². The predicted octanol–water partition coefficient (Wildman–Crippen LogP) is 3.76. The van der Waals surface area contributed by atoms with E-state index in [1.807, 2.05) is 0 Å². The highest BCUT2D eigenvalue weighted by atomic mass is 14.5. The van der Waals surface area contributed by atoms with Crippen LogP contribution in [0.4, 0.5) is 0 Å². The zero-order valence-corrected chi connectivity index (χ0v) is 8.02. The van der Waals surface area contributed by atoms with E-state index in [9.17, 15) is 0 Å². The summed E-state index contributed by atoms with van der Waals surface area (Å²) in [5.41, 5.74) is 0.925. The molecule has 0 heteroatoms. The molecule has 0 saturated heterocycles. The molecule has 0 bridgehead atoms. The van der Waals surface area contributed by atoms with Crippen LogP contribution in [0.3, 0.4) is 0 Å². The fourth-order valence-corrected chi connectivity index (χ4v) is 3.36. The fourth-order valence-electron chi connectivity index (χ4n) is 3.36. The smallest absolute Gasteiger partial charge is 0.0294 e. The third-order valence-electron chi connectivity index (χ3n) is 4.65. The van der Waals surface area contributed by atoms with Crippen molar-refractivity contribution in [1.29, 1.82) is 0 Å². The Morgan fingerprint density at radius 1 is 0.917 bits per heavy atom. The maximum Gasteiger partial charge on any atom is -0.0294 e. The molecule has 3 saturated carbocycles. The van der Waals surface area contributed by atoms with E-state index in [1.54, 1.807) is 51.4 Å². The third kappa shape index (κ3) is 1.20. The summed E-state index contributed by atoms with van der Waals surface area (Å²) in [6.45, 7) is 0. The molecule has 0 aromatic rings. The zero-order chi connectivity index (χ0) is 8.02. The fraction of sp³-hybridized carbons (Fsp3) is 1.00. The van der Waals surface area contributed by atoms with Crippen LogP contribution < -0.4 is 0 Å². The van der Waals surface area contributed by atoms with Gasteiger partial charge in [-0.2, -0.15) is 0 Å². The second-order valence-electron chi connectivity index (χ2n) is 5.64. The molecule has 0 aliphatic heterocycles. The summed E-state index contributed by atoms with van der Waals surface area (Å²) in [4.78, 5) is 0. The second kappa shape index (κ2) is 2.49. The highest BCUT2D eigenvalue weighted by Gasteiger charge is 2.48. The Morgan fingerprint density at radius 2 is 1.75 bits per heavy atom. The molecule has 0 amide bonds. The first kappa shape index (κ1) is 7.41. The zero-order valence-electron chi connectivity index (χ0n) is 8.02. The SMILES string of the molecule is C1CC(CC2CCC3(CC3)C2)C1. The summed E-state index contributed by atoms with van der Waals surface area (Å²) < 4.78 is 0.